The van der Waals surface area contributed by atoms with E-state index in [1.54, 1.807) is 37.6 Å². The maximum Gasteiger partial charge on any atom is 0.252 e. The van der Waals surface area contributed by atoms with Crippen LogP contribution in [0.4, 0.5) is 0 Å². The van der Waals surface area contributed by atoms with Crippen molar-refractivity contribution in [2.75, 3.05) is 13.7 Å². The van der Waals surface area contributed by atoms with Crippen LogP contribution in [0.25, 0.3) is 0 Å². The number of hydrogen-bond donors (Lipinski definition) is 2. The Morgan fingerprint density at radius 3 is 3.09 bits per heavy atom. The maximum atomic E-state index is 12.4. The monoisotopic (exact) mass is 379 g/mol. The van der Waals surface area contributed by atoms with Crippen molar-refractivity contribution in [2.45, 2.75) is 24.9 Å². The SMILES string of the molecule is COc1ccc(Br)c(C(=O)NCC2(O)CCCc3occc32)c1. The molecule has 1 unspecified atom stereocenters. The molecular formula is C17H18BrNO4. The van der Waals surface area contributed by atoms with Crippen LogP contribution in [0.2, 0.25) is 0 Å². The molecule has 0 aliphatic heterocycles. The second-order valence-corrected chi connectivity index (χ2v) is 6.53. The first-order valence-electron chi connectivity index (χ1n) is 7.44. The number of aryl methyl sites for hydroxylation is 1. The van der Waals surface area contributed by atoms with E-state index >= 15 is 0 Å². The Morgan fingerprint density at radius 2 is 2.30 bits per heavy atom. The first kappa shape index (κ1) is 16.1. The largest absolute Gasteiger partial charge is 0.497 e. The number of rotatable bonds is 4. The molecule has 1 aromatic carbocycles. The molecular weight excluding hydrogens is 362 g/mol. The van der Waals surface area contributed by atoms with Gasteiger partial charge in [-0.25, -0.2) is 0 Å². The van der Waals surface area contributed by atoms with Crippen LogP contribution in [-0.2, 0) is 12.0 Å². The maximum absolute atomic E-state index is 12.4. The molecule has 3 rings (SSSR count). The Labute approximate surface area is 142 Å². The summed E-state index contributed by atoms with van der Waals surface area (Å²) in [4.78, 5) is 12.4. The lowest BCUT2D eigenvalue weighted by Gasteiger charge is -2.31. The van der Waals surface area contributed by atoms with Gasteiger partial charge in [0.2, 0.25) is 0 Å². The summed E-state index contributed by atoms with van der Waals surface area (Å²) in [6.07, 6.45) is 3.83. The Hall–Kier alpha value is -1.79. The number of ether oxygens (including phenoxy) is 1. The van der Waals surface area contributed by atoms with Crippen molar-refractivity contribution < 1.29 is 19.1 Å². The molecule has 0 radical (unpaired) electrons. The summed E-state index contributed by atoms with van der Waals surface area (Å²) in [6.45, 7) is 0.141. The summed E-state index contributed by atoms with van der Waals surface area (Å²) in [5.74, 6) is 1.14. The van der Waals surface area contributed by atoms with E-state index < -0.39 is 5.60 Å². The highest BCUT2D eigenvalue weighted by Crippen LogP contribution is 2.35. The number of amides is 1. The quantitative estimate of drug-likeness (QED) is 0.856. The molecule has 1 aromatic heterocycles. The third-order valence-electron chi connectivity index (χ3n) is 4.20. The standard InChI is InChI=1S/C17H18BrNO4/c1-22-11-4-5-14(18)12(9-11)16(20)19-10-17(21)7-2-3-15-13(17)6-8-23-15/h4-6,8-9,21H,2-3,7,10H2,1H3,(H,19,20). The lowest BCUT2D eigenvalue weighted by molar-refractivity contribution is 0.0169. The van der Waals surface area contributed by atoms with Gasteiger partial charge < -0.3 is 19.6 Å². The van der Waals surface area contributed by atoms with Crippen LogP contribution in [0.15, 0.2) is 39.4 Å². The van der Waals surface area contributed by atoms with E-state index in [0.29, 0.717) is 22.2 Å². The van der Waals surface area contributed by atoms with Crippen molar-refractivity contribution in [1.82, 2.24) is 5.32 Å². The zero-order chi connectivity index (χ0) is 16.4. The summed E-state index contributed by atoms with van der Waals surface area (Å²) in [6, 6.07) is 6.97. The molecule has 0 bridgehead atoms. The number of benzene rings is 1. The van der Waals surface area contributed by atoms with Crippen molar-refractivity contribution >= 4 is 21.8 Å². The van der Waals surface area contributed by atoms with Gasteiger partial charge in [0.05, 0.1) is 25.5 Å². The van der Waals surface area contributed by atoms with Crippen LogP contribution in [0.1, 0.15) is 34.5 Å². The van der Waals surface area contributed by atoms with Crippen LogP contribution in [0.5, 0.6) is 5.75 Å². The van der Waals surface area contributed by atoms with Crippen LogP contribution in [0, 0.1) is 0 Å². The van der Waals surface area contributed by atoms with Gasteiger partial charge >= 0.3 is 0 Å². The molecule has 5 nitrogen and oxygen atoms in total. The fraction of sp³-hybridized carbons (Fsp3) is 0.353. The second-order valence-electron chi connectivity index (χ2n) is 5.67. The number of nitrogens with one attached hydrogen (secondary N) is 1. The fourth-order valence-corrected chi connectivity index (χ4v) is 3.36. The number of fused-ring (bicyclic) bond motifs is 1. The summed E-state index contributed by atoms with van der Waals surface area (Å²) >= 11 is 3.37. The molecule has 0 saturated carbocycles. The van der Waals surface area contributed by atoms with Crippen LogP contribution in [-0.4, -0.2) is 24.7 Å². The van der Waals surface area contributed by atoms with Gasteiger partial charge in [-0.05, 0) is 53.0 Å². The van der Waals surface area contributed by atoms with Crippen LogP contribution >= 0.6 is 15.9 Å². The molecule has 6 heteroatoms. The van der Waals surface area contributed by atoms with Crippen molar-refractivity contribution in [1.29, 1.82) is 0 Å². The smallest absolute Gasteiger partial charge is 0.252 e. The lowest BCUT2D eigenvalue weighted by atomic mass is 9.83. The van der Waals surface area contributed by atoms with Crippen LogP contribution in [0.3, 0.4) is 0 Å². The minimum absolute atomic E-state index is 0.141. The number of carbonyl (C=O) groups excluding carboxylic acids is 1. The van der Waals surface area contributed by atoms with E-state index in [1.807, 2.05) is 0 Å². The molecule has 23 heavy (non-hydrogen) atoms. The first-order valence-corrected chi connectivity index (χ1v) is 8.24. The predicted octanol–water partition coefficient (Wildman–Crippen LogP) is 3.00. The van der Waals surface area contributed by atoms with E-state index in [-0.39, 0.29) is 12.5 Å². The fourth-order valence-electron chi connectivity index (χ4n) is 2.94. The van der Waals surface area contributed by atoms with Gasteiger partial charge in [0.25, 0.3) is 5.91 Å². The summed E-state index contributed by atoms with van der Waals surface area (Å²) in [5, 5.41) is 13.7. The zero-order valence-corrected chi connectivity index (χ0v) is 14.4. The van der Waals surface area contributed by atoms with Gasteiger partial charge in [-0.1, -0.05) is 0 Å². The normalized spacial score (nSPS) is 20.0. The number of carbonyl (C=O) groups is 1. The Balaban J connectivity index is 1.75. The third kappa shape index (κ3) is 3.14. The van der Waals surface area contributed by atoms with Crippen molar-refractivity contribution in [3.8, 4) is 5.75 Å². The second kappa shape index (κ2) is 6.37. The van der Waals surface area contributed by atoms with Gasteiger partial charge in [0.1, 0.15) is 17.1 Å². The molecule has 1 heterocycles. The average Bonchev–Trinajstić information content (AvgIpc) is 3.04. The van der Waals surface area contributed by atoms with E-state index in [9.17, 15) is 9.90 Å². The van der Waals surface area contributed by atoms with Crippen molar-refractivity contribution in [3.05, 3.63) is 51.9 Å². The van der Waals surface area contributed by atoms with E-state index in [0.717, 1.165) is 24.2 Å². The van der Waals surface area contributed by atoms with Crippen LogP contribution < -0.4 is 10.1 Å². The van der Waals surface area contributed by atoms with Crippen molar-refractivity contribution in [3.63, 3.8) is 0 Å². The molecule has 1 aliphatic rings. The van der Waals surface area contributed by atoms with Gasteiger partial charge in [-0.2, -0.15) is 0 Å². The van der Waals surface area contributed by atoms with E-state index in [4.69, 9.17) is 9.15 Å². The molecule has 2 N–H and O–H groups in total. The highest BCUT2D eigenvalue weighted by molar-refractivity contribution is 9.10. The number of furan rings is 1. The number of hydrogen-bond acceptors (Lipinski definition) is 4. The minimum atomic E-state index is -1.08. The Bertz CT molecular complexity index is 727. The third-order valence-corrected chi connectivity index (χ3v) is 4.89. The molecule has 1 aliphatic carbocycles. The Morgan fingerprint density at radius 1 is 1.48 bits per heavy atom. The summed E-state index contributed by atoms with van der Waals surface area (Å²) < 4.78 is 11.2. The number of aliphatic hydroxyl groups is 1. The molecule has 0 fully saturated rings. The van der Waals surface area contributed by atoms with Gasteiger partial charge in [-0.3, -0.25) is 4.79 Å². The number of halogens is 1. The summed E-state index contributed by atoms with van der Waals surface area (Å²) in [7, 11) is 1.55. The van der Waals surface area contributed by atoms with Gasteiger partial charge in [-0.15, -0.1) is 0 Å². The van der Waals surface area contributed by atoms with Crippen molar-refractivity contribution in [2.24, 2.45) is 0 Å². The van der Waals surface area contributed by atoms with E-state index in [2.05, 4.69) is 21.2 Å². The molecule has 122 valence electrons. The highest BCUT2D eigenvalue weighted by atomic mass is 79.9. The van der Waals surface area contributed by atoms with Gasteiger partial charge in [0, 0.05) is 16.5 Å². The zero-order valence-electron chi connectivity index (χ0n) is 12.8. The van der Waals surface area contributed by atoms with Gasteiger partial charge in [0.15, 0.2) is 0 Å². The topological polar surface area (TPSA) is 71.7 Å². The Kier molecular flexibility index (Phi) is 4.46. The predicted molar refractivity (Wildman–Crippen MR) is 88.6 cm³/mol. The first-order chi connectivity index (χ1) is 11.0. The lowest BCUT2D eigenvalue weighted by Crippen LogP contribution is -2.42. The molecule has 0 spiro atoms. The average molecular weight is 380 g/mol. The molecule has 1 atom stereocenters. The molecule has 1 amide bonds. The molecule has 2 aromatic rings. The number of methoxy groups -OCH3 is 1. The highest BCUT2D eigenvalue weighted by Gasteiger charge is 2.36. The van der Waals surface area contributed by atoms with E-state index in [1.165, 1.54) is 0 Å². The molecule has 0 saturated heterocycles. The minimum Gasteiger partial charge on any atom is -0.497 e. The summed E-state index contributed by atoms with van der Waals surface area (Å²) in [5.41, 5.74) is 0.159.